The van der Waals surface area contributed by atoms with Crippen molar-refractivity contribution in [3.8, 4) is 28.6 Å². The van der Waals surface area contributed by atoms with Gasteiger partial charge in [0.1, 0.15) is 19.0 Å². The van der Waals surface area contributed by atoms with Crippen LogP contribution in [0.5, 0.6) is 5.75 Å². The van der Waals surface area contributed by atoms with Gasteiger partial charge in [0.25, 0.3) is 5.89 Å². The van der Waals surface area contributed by atoms with Gasteiger partial charge in [-0.1, -0.05) is 27.2 Å². The molecule has 4 aromatic rings. The van der Waals surface area contributed by atoms with Crippen molar-refractivity contribution in [2.75, 3.05) is 13.2 Å². The zero-order chi connectivity index (χ0) is 23.3. The standard InChI is InChI=1S/C20H16BrF3N6O3/c21-15-3-1-2-14(10-15)19-25-18(27-33-19)13-4-6-16(7-5-13)32-11-17-26-28-29-30(17)8-9-31-12-20(22,23)24/h1-7,10H,8-9,11-12H2. The molecule has 0 bridgehead atoms. The summed E-state index contributed by atoms with van der Waals surface area (Å²) in [5.74, 6) is 1.72. The molecule has 2 aromatic carbocycles. The Hall–Kier alpha value is -3.32. The van der Waals surface area contributed by atoms with E-state index in [0.717, 1.165) is 15.6 Å². The summed E-state index contributed by atoms with van der Waals surface area (Å²) in [5.41, 5.74) is 1.53. The molecule has 0 amide bonds. The number of aromatic nitrogens is 6. The van der Waals surface area contributed by atoms with Gasteiger partial charge in [-0.25, -0.2) is 4.68 Å². The topological polar surface area (TPSA) is 101 Å². The van der Waals surface area contributed by atoms with Gasteiger partial charge in [-0.3, -0.25) is 0 Å². The van der Waals surface area contributed by atoms with Crippen LogP contribution >= 0.6 is 15.9 Å². The molecule has 33 heavy (non-hydrogen) atoms. The van der Waals surface area contributed by atoms with Gasteiger partial charge in [0.2, 0.25) is 5.82 Å². The average Bonchev–Trinajstić information content (AvgIpc) is 3.45. The van der Waals surface area contributed by atoms with Crippen LogP contribution in [0.25, 0.3) is 22.8 Å². The van der Waals surface area contributed by atoms with E-state index in [4.69, 9.17) is 9.26 Å². The van der Waals surface area contributed by atoms with Crippen molar-refractivity contribution in [3.05, 3.63) is 58.8 Å². The molecule has 0 spiro atoms. The van der Waals surface area contributed by atoms with Crippen LogP contribution < -0.4 is 4.74 Å². The molecular weight excluding hydrogens is 509 g/mol. The van der Waals surface area contributed by atoms with E-state index >= 15 is 0 Å². The smallest absolute Gasteiger partial charge is 0.411 e. The largest absolute Gasteiger partial charge is 0.486 e. The molecule has 9 nitrogen and oxygen atoms in total. The highest BCUT2D eigenvalue weighted by molar-refractivity contribution is 9.10. The summed E-state index contributed by atoms with van der Waals surface area (Å²) >= 11 is 3.41. The zero-order valence-electron chi connectivity index (χ0n) is 16.9. The normalized spacial score (nSPS) is 11.6. The SMILES string of the molecule is FC(F)(F)COCCn1nnnc1COc1ccc(-c2noc(-c3cccc(Br)c3)n2)cc1. The van der Waals surface area contributed by atoms with E-state index in [2.05, 4.69) is 46.3 Å². The van der Waals surface area contributed by atoms with Crippen molar-refractivity contribution in [2.45, 2.75) is 19.3 Å². The van der Waals surface area contributed by atoms with Crippen molar-refractivity contribution in [1.82, 2.24) is 30.3 Å². The Kier molecular flexibility index (Phi) is 6.99. The minimum Gasteiger partial charge on any atom is -0.486 e. The molecule has 0 atom stereocenters. The number of ether oxygens (including phenoxy) is 2. The Labute approximate surface area is 193 Å². The van der Waals surface area contributed by atoms with E-state index in [9.17, 15) is 13.2 Å². The second-order valence-electron chi connectivity index (χ2n) is 6.73. The number of nitrogens with zero attached hydrogens (tertiary/aromatic N) is 6. The number of alkyl halides is 3. The first-order valence-electron chi connectivity index (χ1n) is 9.60. The summed E-state index contributed by atoms with van der Waals surface area (Å²) in [6.45, 7) is -1.41. The fourth-order valence-electron chi connectivity index (χ4n) is 2.77. The summed E-state index contributed by atoms with van der Waals surface area (Å²) in [5, 5.41) is 15.1. The Morgan fingerprint density at radius 1 is 1.06 bits per heavy atom. The van der Waals surface area contributed by atoms with E-state index in [-0.39, 0.29) is 19.8 Å². The van der Waals surface area contributed by atoms with Crippen LogP contribution in [-0.2, 0) is 17.9 Å². The van der Waals surface area contributed by atoms with Crippen molar-refractivity contribution < 1.29 is 27.2 Å². The fraction of sp³-hybridized carbons (Fsp3) is 0.250. The molecule has 4 rings (SSSR count). The summed E-state index contributed by atoms with van der Waals surface area (Å²) in [4.78, 5) is 4.42. The minimum absolute atomic E-state index is 0.0286. The second kappa shape index (κ2) is 10.1. The second-order valence-corrected chi connectivity index (χ2v) is 7.65. The lowest BCUT2D eigenvalue weighted by Gasteiger charge is -2.09. The van der Waals surface area contributed by atoms with E-state index < -0.39 is 12.8 Å². The molecule has 0 aliphatic carbocycles. The van der Waals surface area contributed by atoms with Gasteiger partial charge in [-0.15, -0.1) is 5.10 Å². The molecular formula is C20H16BrF3N6O3. The molecule has 0 saturated heterocycles. The monoisotopic (exact) mass is 524 g/mol. The highest BCUT2D eigenvalue weighted by Gasteiger charge is 2.27. The zero-order valence-corrected chi connectivity index (χ0v) is 18.5. The average molecular weight is 525 g/mol. The van der Waals surface area contributed by atoms with E-state index in [1.165, 1.54) is 4.68 Å². The third kappa shape index (κ3) is 6.35. The molecule has 0 aliphatic rings. The lowest BCUT2D eigenvalue weighted by Crippen LogP contribution is -2.20. The van der Waals surface area contributed by atoms with Crippen LogP contribution in [0.15, 0.2) is 57.5 Å². The number of hydrogen-bond acceptors (Lipinski definition) is 8. The highest BCUT2D eigenvalue weighted by Crippen LogP contribution is 2.25. The van der Waals surface area contributed by atoms with Gasteiger partial charge in [-0.05, 0) is 52.9 Å². The summed E-state index contributed by atoms with van der Waals surface area (Å²) in [6.07, 6.45) is -4.37. The third-order valence-electron chi connectivity index (χ3n) is 4.30. The first-order valence-corrected chi connectivity index (χ1v) is 10.4. The van der Waals surface area contributed by atoms with Gasteiger partial charge >= 0.3 is 6.18 Å². The molecule has 13 heteroatoms. The molecule has 172 valence electrons. The predicted octanol–water partition coefficient (Wildman–Crippen LogP) is 4.31. The van der Waals surface area contributed by atoms with Crippen molar-refractivity contribution >= 4 is 15.9 Å². The number of hydrogen-bond donors (Lipinski definition) is 0. The number of tetrazole rings is 1. The molecule has 0 saturated carbocycles. The number of benzene rings is 2. The molecule has 0 radical (unpaired) electrons. The quantitative estimate of drug-likeness (QED) is 0.298. The Balaban J connectivity index is 1.33. The van der Waals surface area contributed by atoms with Crippen LogP contribution in [0.1, 0.15) is 5.82 Å². The van der Waals surface area contributed by atoms with Gasteiger partial charge < -0.3 is 14.0 Å². The minimum atomic E-state index is -4.37. The van der Waals surface area contributed by atoms with E-state index in [1.807, 2.05) is 24.3 Å². The first kappa shape index (κ1) is 22.9. The number of halogens is 4. The van der Waals surface area contributed by atoms with Gasteiger partial charge in [0, 0.05) is 15.6 Å². The van der Waals surface area contributed by atoms with Gasteiger partial charge in [-0.2, -0.15) is 18.2 Å². The van der Waals surface area contributed by atoms with Crippen LogP contribution in [0, 0.1) is 0 Å². The van der Waals surface area contributed by atoms with Crippen LogP contribution in [0.4, 0.5) is 13.2 Å². The fourth-order valence-corrected chi connectivity index (χ4v) is 3.17. The maximum absolute atomic E-state index is 12.1. The van der Waals surface area contributed by atoms with E-state index in [1.54, 1.807) is 24.3 Å². The molecule has 0 fully saturated rings. The first-order chi connectivity index (χ1) is 15.9. The third-order valence-corrected chi connectivity index (χ3v) is 4.79. The van der Waals surface area contributed by atoms with Crippen LogP contribution in [-0.4, -0.2) is 49.7 Å². The Bertz CT molecular complexity index is 1200. The molecule has 2 heterocycles. The van der Waals surface area contributed by atoms with Crippen molar-refractivity contribution in [1.29, 1.82) is 0 Å². The van der Waals surface area contributed by atoms with Crippen molar-refractivity contribution in [2.24, 2.45) is 0 Å². The molecule has 0 N–H and O–H groups in total. The highest BCUT2D eigenvalue weighted by atomic mass is 79.9. The molecule has 0 unspecified atom stereocenters. The maximum Gasteiger partial charge on any atom is 0.411 e. The predicted molar refractivity (Wildman–Crippen MR) is 112 cm³/mol. The number of rotatable bonds is 9. The lowest BCUT2D eigenvalue weighted by molar-refractivity contribution is -0.174. The van der Waals surface area contributed by atoms with Crippen LogP contribution in [0.3, 0.4) is 0 Å². The van der Waals surface area contributed by atoms with Gasteiger partial charge in [0.15, 0.2) is 5.82 Å². The lowest BCUT2D eigenvalue weighted by atomic mass is 10.2. The maximum atomic E-state index is 12.1. The van der Waals surface area contributed by atoms with Crippen molar-refractivity contribution in [3.63, 3.8) is 0 Å². The summed E-state index contributed by atoms with van der Waals surface area (Å²) in [6, 6.07) is 14.5. The Morgan fingerprint density at radius 2 is 1.88 bits per heavy atom. The van der Waals surface area contributed by atoms with Crippen LogP contribution in [0.2, 0.25) is 0 Å². The molecule has 0 aliphatic heterocycles. The van der Waals surface area contributed by atoms with E-state index in [0.29, 0.717) is 23.3 Å². The van der Waals surface area contributed by atoms with Gasteiger partial charge in [0.05, 0.1) is 13.2 Å². The summed E-state index contributed by atoms with van der Waals surface area (Å²) in [7, 11) is 0. The summed E-state index contributed by atoms with van der Waals surface area (Å²) < 4.78 is 54.2. The molecule has 2 aromatic heterocycles. The Morgan fingerprint density at radius 3 is 2.64 bits per heavy atom.